The first-order valence-electron chi connectivity index (χ1n) is 12.9. The Hall–Kier alpha value is -4.26. The number of carboxylic acid groups (broad SMARTS) is 1. The Morgan fingerprint density at radius 3 is 2.63 bits per heavy atom. The van der Waals surface area contributed by atoms with E-state index in [1.165, 1.54) is 11.1 Å². The van der Waals surface area contributed by atoms with E-state index in [0.29, 0.717) is 25.3 Å². The highest BCUT2D eigenvalue weighted by atomic mass is 16.5. The van der Waals surface area contributed by atoms with Crippen molar-refractivity contribution in [3.05, 3.63) is 112 Å². The minimum atomic E-state index is -0.851. The summed E-state index contributed by atoms with van der Waals surface area (Å²) in [5.41, 5.74) is 5.40. The van der Waals surface area contributed by atoms with Crippen LogP contribution in [0.1, 0.15) is 52.3 Å². The standard InChI is InChI=1S/C31H30N2O5/c1-20-27(32-30(38-20)31(2)16-22-6-3-4-7-23(22)17-31)19-37-26-10-9-21-15-28(29(34)35)33(18-24(21)14-26)12-11-25-8-5-13-36-25/h3-14,28H,15-19H2,1-2H3,(H,34,35)/b12-11+/t28-/m0/s1. The fourth-order valence-corrected chi connectivity index (χ4v) is 5.54. The molecule has 1 atom stereocenters. The van der Waals surface area contributed by atoms with Gasteiger partial charge < -0.3 is 23.6 Å². The summed E-state index contributed by atoms with van der Waals surface area (Å²) in [5, 5.41) is 9.79. The summed E-state index contributed by atoms with van der Waals surface area (Å²) >= 11 is 0. The van der Waals surface area contributed by atoms with Crippen molar-refractivity contribution in [3.63, 3.8) is 0 Å². The van der Waals surface area contributed by atoms with Crippen LogP contribution in [0.5, 0.6) is 5.75 Å². The molecular formula is C31H30N2O5. The maximum atomic E-state index is 11.9. The van der Waals surface area contributed by atoms with Crippen molar-refractivity contribution < 1.29 is 23.5 Å². The minimum absolute atomic E-state index is 0.161. The van der Waals surface area contributed by atoms with Crippen LogP contribution in [0.15, 0.2) is 75.9 Å². The van der Waals surface area contributed by atoms with Crippen LogP contribution in [-0.4, -0.2) is 27.0 Å². The molecule has 0 saturated heterocycles. The van der Waals surface area contributed by atoms with E-state index in [4.69, 9.17) is 18.6 Å². The van der Waals surface area contributed by atoms with Crippen molar-refractivity contribution in [2.24, 2.45) is 0 Å². The molecule has 0 bridgehead atoms. The molecule has 2 aliphatic rings. The molecule has 0 amide bonds. The normalized spacial score (nSPS) is 17.9. The number of ether oxygens (including phenoxy) is 1. The topological polar surface area (TPSA) is 88.9 Å². The molecule has 1 aliphatic carbocycles. The molecule has 0 unspecified atom stereocenters. The number of rotatable bonds is 7. The molecule has 0 fully saturated rings. The van der Waals surface area contributed by atoms with E-state index < -0.39 is 12.0 Å². The van der Waals surface area contributed by atoms with E-state index in [1.807, 2.05) is 36.1 Å². The summed E-state index contributed by atoms with van der Waals surface area (Å²) in [6.45, 7) is 4.91. The van der Waals surface area contributed by atoms with E-state index >= 15 is 0 Å². The van der Waals surface area contributed by atoms with E-state index in [-0.39, 0.29) is 5.41 Å². The van der Waals surface area contributed by atoms with Crippen molar-refractivity contribution >= 4 is 12.0 Å². The molecule has 38 heavy (non-hydrogen) atoms. The number of benzene rings is 2. The second-order valence-corrected chi connectivity index (χ2v) is 10.5. The maximum Gasteiger partial charge on any atom is 0.326 e. The molecule has 0 spiro atoms. The Kier molecular flexibility index (Phi) is 6.06. The van der Waals surface area contributed by atoms with E-state index in [2.05, 4.69) is 31.2 Å². The summed E-state index contributed by atoms with van der Waals surface area (Å²) in [6, 6.07) is 17.4. The van der Waals surface area contributed by atoms with Crippen LogP contribution in [-0.2, 0) is 42.6 Å². The van der Waals surface area contributed by atoms with Gasteiger partial charge in [0, 0.05) is 19.2 Å². The Bertz CT molecular complexity index is 1480. The summed E-state index contributed by atoms with van der Waals surface area (Å²) < 4.78 is 17.7. The maximum absolute atomic E-state index is 11.9. The Balaban J connectivity index is 1.16. The van der Waals surface area contributed by atoms with Gasteiger partial charge in [0.25, 0.3) is 0 Å². The number of hydrogen-bond donors (Lipinski definition) is 1. The fraction of sp³-hybridized carbons (Fsp3) is 0.290. The van der Waals surface area contributed by atoms with Crippen LogP contribution >= 0.6 is 0 Å². The third-order valence-corrected chi connectivity index (χ3v) is 7.67. The lowest BCUT2D eigenvalue weighted by atomic mass is 9.87. The van der Waals surface area contributed by atoms with Gasteiger partial charge in [-0.15, -0.1) is 0 Å². The molecule has 3 heterocycles. The number of carboxylic acids is 1. The average molecular weight is 511 g/mol. The molecule has 7 heteroatoms. The molecule has 7 nitrogen and oxygen atoms in total. The van der Waals surface area contributed by atoms with E-state index in [9.17, 15) is 9.90 Å². The first-order valence-corrected chi connectivity index (χ1v) is 12.9. The first kappa shape index (κ1) is 24.1. The third kappa shape index (κ3) is 4.60. The third-order valence-electron chi connectivity index (χ3n) is 7.67. The van der Waals surface area contributed by atoms with Crippen molar-refractivity contribution in [1.82, 2.24) is 9.88 Å². The Morgan fingerprint density at radius 1 is 1.13 bits per heavy atom. The van der Waals surface area contributed by atoms with Gasteiger partial charge in [0.05, 0.1) is 11.7 Å². The summed E-state index contributed by atoms with van der Waals surface area (Å²) in [4.78, 5) is 18.6. The van der Waals surface area contributed by atoms with Crippen molar-refractivity contribution in [3.8, 4) is 5.75 Å². The molecule has 194 valence electrons. The quantitative estimate of drug-likeness (QED) is 0.341. The van der Waals surface area contributed by atoms with Crippen molar-refractivity contribution in [1.29, 1.82) is 0 Å². The Morgan fingerprint density at radius 2 is 1.92 bits per heavy atom. The van der Waals surface area contributed by atoms with E-state index in [0.717, 1.165) is 47.1 Å². The van der Waals surface area contributed by atoms with Crippen LogP contribution in [0.2, 0.25) is 0 Å². The zero-order valence-corrected chi connectivity index (χ0v) is 21.5. The largest absolute Gasteiger partial charge is 0.487 e. The molecule has 0 saturated carbocycles. The number of fused-ring (bicyclic) bond motifs is 2. The number of hydrogen-bond acceptors (Lipinski definition) is 6. The Labute approximate surface area is 221 Å². The number of aliphatic carboxylic acids is 1. The average Bonchev–Trinajstić information content (AvgIpc) is 3.64. The molecule has 2 aromatic heterocycles. The number of aryl methyl sites for hydroxylation is 1. The minimum Gasteiger partial charge on any atom is -0.487 e. The smallest absolute Gasteiger partial charge is 0.326 e. The fourth-order valence-electron chi connectivity index (χ4n) is 5.54. The van der Waals surface area contributed by atoms with Gasteiger partial charge in [-0.25, -0.2) is 9.78 Å². The predicted molar refractivity (Wildman–Crippen MR) is 142 cm³/mol. The van der Waals surface area contributed by atoms with Crippen molar-refractivity contribution in [2.45, 2.75) is 57.7 Å². The number of carbonyl (C=O) groups is 1. The van der Waals surface area contributed by atoms with Crippen LogP contribution in [0.4, 0.5) is 0 Å². The SMILES string of the molecule is Cc1oc(C2(C)Cc3ccccc3C2)nc1COc1ccc2c(c1)CN(/C=C/c1ccco1)[C@H](C(=O)O)C2. The molecule has 4 aromatic rings. The van der Waals surface area contributed by atoms with Crippen LogP contribution in [0, 0.1) is 6.92 Å². The molecule has 6 rings (SSSR count). The number of aromatic nitrogens is 1. The van der Waals surface area contributed by atoms with Crippen LogP contribution in [0.25, 0.3) is 6.08 Å². The van der Waals surface area contributed by atoms with Gasteiger partial charge in [0.2, 0.25) is 5.89 Å². The van der Waals surface area contributed by atoms with Gasteiger partial charge in [-0.2, -0.15) is 0 Å². The lowest BCUT2D eigenvalue weighted by Crippen LogP contribution is -2.42. The van der Waals surface area contributed by atoms with E-state index in [1.54, 1.807) is 24.6 Å². The zero-order valence-electron chi connectivity index (χ0n) is 21.5. The predicted octanol–water partition coefficient (Wildman–Crippen LogP) is 5.69. The van der Waals surface area contributed by atoms with Gasteiger partial charge in [-0.1, -0.05) is 37.3 Å². The number of furan rings is 1. The van der Waals surface area contributed by atoms with Gasteiger partial charge in [-0.05, 0) is 72.4 Å². The highest BCUT2D eigenvalue weighted by Gasteiger charge is 2.39. The summed E-state index contributed by atoms with van der Waals surface area (Å²) in [6.07, 6.45) is 7.41. The van der Waals surface area contributed by atoms with Crippen LogP contribution in [0.3, 0.4) is 0 Å². The van der Waals surface area contributed by atoms with Gasteiger partial charge in [0.1, 0.15) is 35.6 Å². The second-order valence-electron chi connectivity index (χ2n) is 10.5. The molecule has 0 radical (unpaired) electrons. The lowest BCUT2D eigenvalue weighted by molar-refractivity contribution is -0.142. The van der Waals surface area contributed by atoms with Crippen molar-refractivity contribution in [2.75, 3.05) is 0 Å². The number of oxazole rings is 1. The summed E-state index contributed by atoms with van der Waals surface area (Å²) in [7, 11) is 0. The van der Waals surface area contributed by atoms with Gasteiger partial charge in [-0.3, -0.25) is 0 Å². The molecule has 1 aliphatic heterocycles. The molecule has 1 N–H and O–H groups in total. The zero-order chi connectivity index (χ0) is 26.3. The first-order chi connectivity index (χ1) is 18.4. The number of nitrogens with zero attached hydrogens (tertiary/aromatic N) is 2. The summed E-state index contributed by atoms with van der Waals surface area (Å²) in [5.74, 6) is 2.07. The van der Waals surface area contributed by atoms with Gasteiger partial charge in [0.15, 0.2) is 0 Å². The lowest BCUT2D eigenvalue weighted by Gasteiger charge is -2.33. The monoisotopic (exact) mass is 510 g/mol. The highest BCUT2D eigenvalue weighted by molar-refractivity contribution is 5.75. The van der Waals surface area contributed by atoms with Crippen LogP contribution < -0.4 is 4.74 Å². The second kappa shape index (κ2) is 9.56. The van der Waals surface area contributed by atoms with Gasteiger partial charge >= 0.3 is 5.97 Å². The highest BCUT2D eigenvalue weighted by Crippen LogP contribution is 2.39. The molecule has 2 aromatic carbocycles. The molecular weight excluding hydrogens is 480 g/mol.